The minimum atomic E-state index is -0.912. The first-order valence-corrected chi connectivity index (χ1v) is 13.4. The fourth-order valence-corrected chi connectivity index (χ4v) is 5.63. The minimum Gasteiger partial charge on any atom is -0.497 e. The molecule has 2 aromatic carbocycles. The van der Waals surface area contributed by atoms with Gasteiger partial charge in [0, 0.05) is 49.3 Å². The van der Waals surface area contributed by atoms with E-state index >= 15 is 0 Å². The minimum absolute atomic E-state index is 0.0328. The van der Waals surface area contributed by atoms with E-state index < -0.39 is 23.6 Å². The van der Waals surface area contributed by atoms with Gasteiger partial charge in [-0.15, -0.1) is 0 Å². The van der Waals surface area contributed by atoms with Gasteiger partial charge >= 0.3 is 0 Å². The van der Waals surface area contributed by atoms with Gasteiger partial charge in [-0.1, -0.05) is 0 Å². The van der Waals surface area contributed by atoms with Crippen molar-refractivity contribution in [3.63, 3.8) is 0 Å². The van der Waals surface area contributed by atoms with E-state index in [1.54, 1.807) is 13.3 Å². The number of pyridine rings is 1. The smallest absolute Gasteiger partial charge is 0.132 e. The molecule has 4 rings (SSSR count). The molecule has 9 heteroatoms. The maximum Gasteiger partial charge on any atom is 0.132 e. The van der Waals surface area contributed by atoms with Gasteiger partial charge in [-0.25, -0.2) is 13.2 Å². The van der Waals surface area contributed by atoms with Gasteiger partial charge in [0.15, 0.2) is 0 Å². The van der Waals surface area contributed by atoms with Crippen molar-refractivity contribution in [1.29, 1.82) is 0 Å². The number of piperidine rings is 1. The number of hydrogen-bond donors (Lipinski definition) is 2. The number of nitrogens with zero attached hydrogens (tertiary/aromatic N) is 3. The van der Waals surface area contributed by atoms with Gasteiger partial charge in [0.25, 0.3) is 0 Å². The second-order valence-electron chi connectivity index (χ2n) is 10.8. The van der Waals surface area contributed by atoms with Crippen LogP contribution in [0.4, 0.5) is 18.9 Å². The molecule has 1 aromatic heterocycles. The van der Waals surface area contributed by atoms with Gasteiger partial charge in [-0.3, -0.25) is 4.98 Å². The fourth-order valence-electron chi connectivity index (χ4n) is 5.63. The van der Waals surface area contributed by atoms with E-state index in [1.807, 2.05) is 37.2 Å². The lowest BCUT2D eigenvalue weighted by atomic mass is 9.74. The summed E-state index contributed by atoms with van der Waals surface area (Å²) in [6.07, 6.45) is 4.45. The average molecular weight is 546 g/mol. The van der Waals surface area contributed by atoms with Gasteiger partial charge in [0.2, 0.25) is 0 Å². The van der Waals surface area contributed by atoms with Crippen molar-refractivity contribution in [1.82, 2.24) is 9.88 Å². The Morgan fingerprint density at radius 2 is 1.79 bits per heavy atom. The van der Waals surface area contributed by atoms with E-state index in [-0.39, 0.29) is 24.0 Å². The second kappa shape index (κ2) is 12.5. The number of ether oxygens (including phenoxy) is 1. The summed E-state index contributed by atoms with van der Waals surface area (Å²) in [6, 6.07) is 7.07. The van der Waals surface area contributed by atoms with Crippen LogP contribution in [0.3, 0.4) is 0 Å². The van der Waals surface area contributed by atoms with Crippen LogP contribution in [0.5, 0.6) is 5.75 Å². The van der Waals surface area contributed by atoms with Crippen LogP contribution in [0.2, 0.25) is 0 Å². The highest BCUT2D eigenvalue weighted by Crippen LogP contribution is 2.41. The number of halogens is 3. The Morgan fingerprint density at radius 3 is 2.41 bits per heavy atom. The van der Waals surface area contributed by atoms with Crippen LogP contribution in [-0.2, 0) is 6.42 Å². The summed E-state index contributed by atoms with van der Waals surface area (Å²) in [6.45, 7) is 2.20. The molecule has 0 bridgehead atoms. The van der Waals surface area contributed by atoms with E-state index in [1.165, 1.54) is 0 Å². The highest BCUT2D eigenvalue weighted by Gasteiger charge is 2.35. The lowest BCUT2D eigenvalue weighted by molar-refractivity contribution is 0.0234. The van der Waals surface area contributed by atoms with Crippen LogP contribution in [-0.4, -0.2) is 67.5 Å². The summed E-state index contributed by atoms with van der Waals surface area (Å²) < 4.78 is 46.4. The standard InChI is InChI=1S/C30H38F3N3O3/c1-35(2)27-18-34-26-7-6-21(39-3)17-23(26)29(27)28(38)8-9-30(19-37)10-13-36(14-11-30)12-4-5-22-24(32)15-20(31)16-25(22)33/h6-7,15-18,28,37-38H,4-5,8-14,19H2,1-3H3/t28-/m0/s1. The number of anilines is 1. The maximum absolute atomic E-state index is 13.9. The Hall–Kier alpha value is -2.88. The monoisotopic (exact) mass is 545 g/mol. The number of fused-ring (bicyclic) bond motifs is 1. The molecule has 6 nitrogen and oxygen atoms in total. The van der Waals surface area contributed by atoms with Crippen molar-refractivity contribution < 1.29 is 28.1 Å². The van der Waals surface area contributed by atoms with E-state index in [9.17, 15) is 23.4 Å². The Bertz CT molecular complexity index is 1260. The van der Waals surface area contributed by atoms with Gasteiger partial charge < -0.3 is 24.7 Å². The molecular formula is C30H38F3N3O3. The quantitative estimate of drug-likeness (QED) is 0.343. The van der Waals surface area contributed by atoms with Crippen LogP contribution in [0.1, 0.15) is 49.3 Å². The lowest BCUT2D eigenvalue weighted by Gasteiger charge is -2.41. The molecule has 2 heterocycles. The zero-order valence-corrected chi connectivity index (χ0v) is 22.9. The molecule has 0 spiro atoms. The van der Waals surface area contributed by atoms with Crippen LogP contribution in [0, 0.1) is 22.9 Å². The number of hydrogen-bond acceptors (Lipinski definition) is 6. The first-order chi connectivity index (χ1) is 18.7. The van der Waals surface area contributed by atoms with Crippen molar-refractivity contribution >= 4 is 16.6 Å². The van der Waals surface area contributed by atoms with Crippen molar-refractivity contribution in [2.75, 3.05) is 52.3 Å². The van der Waals surface area contributed by atoms with Crippen LogP contribution in [0.25, 0.3) is 10.9 Å². The van der Waals surface area contributed by atoms with Crippen LogP contribution >= 0.6 is 0 Å². The van der Waals surface area contributed by atoms with Crippen molar-refractivity contribution in [3.8, 4) is 5.75 Å². The van der Waals surface area contributed by atoms with Crippen molar-refractivity contribution in [2.24, 2.45) is 5.41 Å². The molecule has 3 aromatic rings. The molecule has 0 unspecified atom stereocenters. The summed E-state index contributed by atoms with van der Waals surface area (Å²) in [5, 5.41) is 22.6. The molecule has 2 N–H and O–H groups in total. The van der Waals surface area contributed by atoms with Crippen LogP contribution < -0.4 is 9.64 Å². The average Bonchev–Trinajstić information content (AvgIpc) is 2.92. The third-order valence-corrected chi connectivity index (χ3v) is 8.12. The maximum atomic E-state index is 13.9. The molecule has 212 valence electrons. The Morgan fingerprint density at radius 1 is 1.10 bits per heavy atom. The lowest BCUT2D eigenvalue weighted by Crippen LogP contribution is -2.42. The number of likely N-dealkylation sites (tertiary alicyclic amines) is 1. The molecule has 1 fully saturated rings. The Balaban J connectivity index is 1.38. The topological polar surface area (TPSA) is 69.1 Å². The summed E-state index contributed by atoms with van der Waals surface area (Å²) in [7, 11) is 5.45. The normalized spacial score (nSPS) is 16.4. The molecule has 1 aliphatic heterocycles. The first kappa shape index (κ1) is 29.1. The summed E-state index contributed by atoms with van der Waals surface area (Å²) >= 11 is 0. The van der Waals surface area contributed by atoms with Gasteiger partial charge in [0.1, 0.15) is 23.2 Å². The molecule has 1 aliphatic rings. The SMILES string of the molecule is COc1ccc2ncc(N(C)C)c([C@@H](O)CCC3(CO)CCN(CCCc4c(F)cc(F)cc4F)CC3)c2c1. The molecule has 1 saturated heterocycles. The first-order valence-electron chi connectivity index (χ1n) is 13.4. The molecule has 1 atom stereocenters. The zero-order chi connectivity index (χ0) is 28.2. The van der Waals surface area contributed by atoms with Gasteiger partial charge in [-0.05, 0) is 81.8 Å². The fraction of sp³-hybridized carbons (Fsp3) is 0.500. The number of aromatic nitrogens is 1. The highest BCUT2D eigenvalue weighted by atomic mass is 19.1. The van der Waals surface area contributed by atoms with E-state index in [2.05, 4.69) is 9.88 Å². The van der Waals surface area contributed by atoms with Crippen molar-refractivity contribution in [3.05, 3.63) is 65.1 Å². The van der Waals surface area contributed by atoms with Gasteiger partial charge in [0.05, 0.1) is 30.6 Å². The number of methoxy groups -OCH3 is 1. The van der Waals surface area contributed by atoms with E-state index in [4.69, 9.17) is 4.74 Å². The Kier molecular flexibility index (Phi) is 9.35. The summed E-state index contributed by atoms with van der Waals surface area (Å²) in [4.78, 5) is 8.73. The highest BCUT2D eigenvalue weighted by molar-refractivity contribution is 5.88. The van der Waals surface area contributed by atoms with E-state index in [0.717, 1.165) is 60.2 Å². The molecule has 0 amide bonds. The zero-order valence-electron chi connectivity index (χ0n) is 22.9. The number of rotatable bonds is 11. The van der Waals surface area contributed by atoms with Gasteiger partial charge in [-0.2, -0.15) is 0 Å². The largest absolute Gasteiger partial charge is 0.497 e. The third-order valence-electron chi connectivity index (χ3n) is 8.12. The third kappa shape index (κ3) is 6.65. The molecular weight excluding hydrogens is 507 g/mol. The predicted molar refractivity (Wildman–Crippen MR) is 147 cm³/mol. The second-order valence-corrected chi connectivity index (χ2v) is 10.8. The van der Waals surface area contributed by atoms with E-state index in [0.29, 0.717) is 31.6 Å². The molecule has 0 radical (unpaired) electrons. The summed E-state index contributed by atoms with van der Waals surface area (Å²) in [5.41, 5.74) is 2.04. The Labute approximate surface area is 228 Å². The number of aliphatic hydroxyl groups is 2. The molecule has 0 aliphatic carbocycles. The number of aliphatic hydroxyl groups excluding tert-OH is 2. The summed E-state index contributed by atoms with van der Waals surface area (Å²) in [5.74, 6) is -1.91. The molecule has 0 saturated carbocycles. The predicted octanol–water partition coefficient (Wildman–Crippen LogP) is 5.25. The number of benzene rings is 2. The van der Waals surface area contributed by atoms with Crippen LogP contribution in [0.15, 0.2) is 36.5 Å². The molecule has 39 heavy (non-hydrogen) atoms. The van der Waals surface area contributed by atoms with Crippen molar-refractivity contribution in [2.45, 2.75) is 44.6 Å².